The van der Waals surface area contributed by atoms with Crippen molar-refractivity contribution < 1.29 is 19.0 Å². The molecule has 1 N–H and O–H groups in total. The van der Waals surface area contributed by atoms with Crippen molar-refractivity contribution in [3.05, 3.63) is 55.6 Å². The molecule has 0 aromatic heterocycles. The lowest BCUT2D eigenvalue weighted by molar-refractivity contribution is 0.0937. The molecule has 0 radical (unpaired) electrons. The number of nitrogens with one attached hydrogen (secondary N) is 1. The summed E-state index contributed by atoms with van der Waals surface area (Å²) in [4.78, 5) is 5.00. The standard InChI is InChI=1S/C18H19Cl6NO4/c19-14-11-13(27-9-3-16(21)22)12-15(20)18(14)28-8-2-7-26-6-1-5-25-29-10-4-17(23)24/h1,3-5,11-12,25H,2,6-10H2. The van der Waals surface area contributed by atoms with Gasteiger partial charge in [-0.15, -0.1) is 0 Å². The molecule has 0 aliphatic rings. The number of hydroxylamine groups is 1. The van der Waals surface area contributed by atoms with E-state index >= 15 is 0 Å². The van der Waals surface area contributed by atoms with Crippen molar-refractivity contribution in [3.63, 3.8) is 0 Å². The molecule has 0 aliphatic carbocycles. The van der Waals surface area contributed by atoms with Crippen LogP contribution in [0.5, 0.6) is 11.5 Å². The highest BCUT2D eigenvalue weighted by Crippen LogP contribution is 2.37. The molecule has 0 aliphatic heterocycles. The minimum atomic E-state index is 0.120. The van der Waals surface area contributed by atoms with Crippen molar-refractivity contribution in [2.24, 2.45) is 0 Å². The second-order valence-electron chi connectivity index (χ2n) is 5.12. The van der Waals surface area contributed by atoms with Gasteiger partial charge in [-0.1, -0.05) is 69.6 Å². The van der Waals surface area contributed by atoms with Gasteiger partial charge >= 0.3 is 0 Å². The zero-order chi connectivity index (χ0) is 21.5. The number of rotatable bonds is 14. The molecule has 0 saturated carbocycles. The van der Waals surface area contributed by atoms with Crippen molar-refractivity contribution in [3.8, 4) is 11.5 Å². The summed E-state index contributed by atoms with van der Waals surface area (Å²) >= 11 is 34.3. The maximum atomic E-state index is 6.19. The van der Waals surface area contributed by atoms with Crippen LogP contribution >= 0.6 is 69.6 Å². The molecule has 0 spiro atoms. The fourth-order valence-corrected chi connectivity index (χ4v) is 2.57. The van der Waals surface area contributed by atoms with Gasteiger partial charge in [0.15, 0.2) is 5.75 Å². The van der Waals surface area contributed by atoms with Crippen LogP contribution in [0, 0.1) is 0 Å². The summed E-state index contributed by atoms with van der Waals surface area (Å²) in [5.41, 5.74) is 2.60. The van der Waals surface area contributed by atoms with Gasteiger partial charge < -0.3 is 14.2 Å². The van der Waals surface area contributed by atoms with Gasteiger partial charge in [0.05, 0.1) is 36.5 Å². The Morgan fingerprint density at radius 3 is 2.17 bits per heavy atom. The van der Waals surface area contributed by atoms with Crippen LogP contribution in [0.25, 0.3) is 0 Å². The Labute approximate surface area is 200 Å². The Morgan fingerprint density at radius 2 is 1.52 bits per heavy atom. The largest absolute Gasteiger partial charge is 0.490 e. The van der Waals surface area contributed by atoms with Crippen LogP contribution in [-0.4, -0.2) is 33.0 Å². The fourth-order valence-electron chi connectivity index (χ4n) is 1.74. The van der Waals surface area contributed by atoms with Crippen LogP contribution in [-0.2, 0) is 9.57 Å². The molecule has 0 atom stereocenters. The van der Waals surface area contributed by atoms with Gasteiger partial charge in [-0.05, 0) is 18.2 Å². The van der Waals surface area contributed by atoms with Crippen LogP contribution < -0.4 is 15.0 Å². The van der Waals surface area contributed by atoms with E-state index in [0.717, 1.165) is 0 Å². The first-order valence-electron chi connectivity index (χ1n) is 8.27. The topological polar surface area (TPSA) is 49.0 Å². The van der Waals surface area contributed by atoms with Crippen LogP contribution in [0.15, 0.2) is 45.5 Å². The monoisotopic (exact) mass is 523 g/mol. The fraction of sp³-hybridized carbons (Fsp3) is 0.333. The highest BCUT2D eigenvalue weighted by molar-refractivity contribution is 6.56. The molecule has 1 aromatic rings. The van der Waals surface area contributed by atoms with Crippen molar-refractivity contribution in [2.75, 3.05) is 33.0 Å². The van der Waals surface area contributed by atoms with Crippen molar-refractivity contribution >= 4 is 69.6 Å². The summed E-state index contributed by atoms with van der Waals surface area (Å²) in [6.07, 6.45) is 7.02. The predicted octanol–water partition coefficient (Wildman–Crippen LogP) is 6.83. The Bertz CT molecular complexity index is 681. The van der Waals surface area contributed by atoms with Gasteiger partial charge in [0, 0.05) is 24.8 Å². The predicted molar refractivity (Wildman–Crippen MR) is 121 cm³/mol. The molecule has 1 aromatic carbocycles. The number of halogens is 6. The first-order valence-corrected chi connectivity index (χ1v) is 10.5. The van der Waals surface area contributed by atoms with E-state index in [1.807, 2.05) is 0 Å². The van der Waals surface area contributed by atoms with Gasteiger partial charge in [-0.25, -0.2) is 0 Å². The second kappa shape index (κ2) is 16.2. The first kappa shape index (κ1) is 26.5. The maximum Gasteiger partial charge on any atom is 0.156 e. The van der Waals surface area contributed by atoms with Crippen LogP contribution in [0.2, 0.25) is 10.0 Å². The van der Waals surface area contributed by atoms with Crippen molar-refractivity contribution in [2.45, 2.75) is 6.42 Å². The lowest BCUT2D eigenvalue weighted by Crippen LogP contribution is -2.07. The smallest absolute Gasteiger partial charge is 0.156 e. The number of hydrogen-bond donors (Lipinski definition) is 1. The normalized spacial score (nSPS) is 10.7. The molecule has 1 rings (SSSR count). The summed E-state index contributed by atoms with van der Waals surface area (Å²) < 4.78 is 16.8. The highest BCUT2D eigenvalue weighted by atomic mass is 35.5. The van der Waals surface area contributed by atoms with E-state index in [2.05, 4.69) is 5.48 Å². The third-order valence-electron chi connectivity index (χ3n) is 2.94. The maximum absolute atomic E-state index is 6.19. The van der Waals surface area contributed by atoms with Crippen LogP contribution in [0.1, 0.15) is 6.42 Å². The quantitative estimate of drug-likeness (QED) is 0.213. The molecule has 0 saturated heterocycles. The molecule has 162 valence electrons. The summed E-state index contributed by atoms with van der Waals surface area (Å²) in [6, 6.07) is 3.21. The Hall–Kier alpha value is -0.500. The molecule has 0 heterocycles. The third-order valence-corrected chi connectivity index (χ3v) is 4.12. The van der Waals surface area contributed by atoms with Gasteiger partial charge in [0.25, 0.3) is 0 Å². The zero-order valence-electron chi connectivity index (χ0n) is 15.1. The summed E-state index contributed by atoms with van der Waals surface area (Å²) in [7, 11) is 0. The number of hydrogen-bond acceptors (Lipinski definition) is 5. The molecule has 0 bridgehead atoms. The summed E-state index contributed by atoms with van der Waals surface area (Å²) in [6.45, 7) is 1.75. The Balaban J connectivity index is 2.21. The molecular weight excluding hydrogens is 507 g/mol. The summed E-state index contributed by atoms with van der Waals surface area (Å²) in [5.74, 6) is 0.867. The molecule has 11 heteroatoms. The molecule has 0 amide bonds. The Kier molecular flexibility index (Phi) is 14.8. The van der Waals surface area contributed by atoms with E-state index in [0.29, 0.717) is 47.8 Å². The molecule has 0 unspecified atom stereocenters. The first-order chi connectivity index (χ1) is 13.9. The van der Waals surface area contributed by atoms with Gasteiger partial charge in [-0.3, -0.25) is 10.3 Å². The minimum Gasteiger partial charge on any atom is -0.490 e. The Morgan fingerprint density at radius 1 is 0.862 bits per heavy atom. The average Bonchev–Trinajstić information content (AvgIpc) is 2.64. The van der Waals surface area contributed by atoms with E-state index < -0.39 is 0 Å². The SMILES string of the molecule is ClC(Cl)=CCONC=CCOCCCOc1c(Cl)cc(OCC=C(Cl)Cl)cc1Cl. The van der Waals surface area contributed by atoms with Crippen molar-refractivity contribution in [1.82, 2.24) is 5.48 Å². The van der Waals surface area contributed by atoms with E-state index in [9.17, 15) is 0 Å². The molecule has 29 heavy (non-hydrogen) atoms. The number of benzene rings is 1. The van der Waals surface area contributed by atoms with Crippen molar-refractivity contribution in [1.29, 1.82) is 0 Å². The zero-order valence-corrected chi connectivity index (χ0v) is 19.6. The molecule has 5 nitrogen and oxygen atoms in total. The summed E-state index contributed by atoms with van der Waals surface area (Å²) in [5, 5.41) is 0.683. The van der Waals surface area contributed by atoms with Gasteiger partial charge in [-0.2, -0.15) is 0 Å². The lowest BCUT2D eigenvalue weighted by atomic mass is 10.3. The van der Waals surface area contributed by atoms with E-state index in [1.165, 1.54) is 12.2 Å². The van der Waals surface area contributed by atoms with Crippen LogP contribution in [0.4, 0.5) is 0 Å². The highest BCUT2D eigenvalue weighted by Gasteiger charge is 2.10. The minimum absolute atomic E-state index is 0.120. The average molecular weight is 526 g/mol. The number of ether oxygens (including phenoxy) is 3. The van der Waals surface area contributed by atoms with E-state index in [-0.39, 0.29) is 22.2 Å². The third kappa shape index (κ3) is 13.4. The van der Waals surface area contributed by atoms with Gasteiger partial charge in [0.1, 0.15) is 21.3 Å². The van der Waals surface area contributed by atoms with Crippen LogP contribution in [0.3, 0.4) is 0 Å². The van der Waals surface area contributed by atoms with E-state index in [4.69, 9.17) is 88.7 Å². The van der Waals surface area contributed by atoms with Gasteiger partial charge in [0.2, 0.25) is 0 Å². The lowest BCUT2D eigenvalue weighted by Gasteiger charge is -2.12. The van der Waals surface area contributed by atoms with E-state index in [1.54, 1.807) is 24.4 Å². The molecular formula is C18H19Cl6NO4. The molecule has 0 fully saturated rings. The second-order valence-corrected chi connectivity index (χ2v) is 7.95.